The van der Waals surface area contributed by atoms with E-state index in [9.17, 15) is 5.11 Å². The van der Waals surface area contributed by atoms with E-state index in [0.717, 1.165) is 19.4 Å². The second-order valence-corrected chi connectivity index (χ2v) is 6.62. The van der Waals surface area contributed by atoms with Crippen molar-refractivity contribution >= 4 is 0 Å². The summed E-state index contributed by atoms with van der Waals surface area (Å²) in [4.78, 5) is 0. The highest BCUT2D eigenvalue weighted by Crippen LogP contribution is 2.62. The van der Waals surface area contributed by atoms with Gasteiger partial charge in [0.25, 0.3) is 0 Å². The monoisotopic (exact) mass is 227 g/mol. The molecule has 0 atom stereocenters. The highest BCUT2D eigenvalue weighted by Gasteiger charge is 2.64. The van der Waals surface area contributed by atoms with Crippen molar-refractivity contribution in [3.8, 4) is 0 Å². The molecule has 2 heteroatoms. The minimum absolute atomic E-state index is 0.0781. The Bertz CT molecular complexity index is 219. The van der Waals surface area contributed by atoms with Gasteiger partial charge in [0.1, 0.15) is 0 Å². The van der Waals surface area contributed by atoms with Crippen LogP contribution in [0.25, 0.3) is 0 Å². The smallest absolute Gasteiger partial charge is 0.0499 e. The summed E-state index contributed by atoms with van der Waals surface area (Å²) in [7, 11) is 0. The van der Waals surface area contributed by atoms with Crippen LogP contribution >= 0.6 is 0 Å². The SMILES string of the molecule is CCC(CC)(CO)CNC1C(C)(C)C1(C)C. The molecule has 0 aromatic rings. The lowest BCUT2D eigenvalue weighted by Gasteiger charge is -2.30. The summed E-state index contributed by atoms with van der Waals surface area (Å²) in [6.45, 7) is 14.9. The predicted octanol–water partition coefficient (Wildman–Crippen LogP) is 2.81. The van der Waals surface area contributed by atoms with E-state index in [1.807, 2.05) is 0 Å². The Labute approximate surface area is 101 Å². The molecule has 0 spiro atoms. The topological polar surface area (TPSA) is 32.3 Å². The van der Waals surface area contributed by atoms with Gasteiger partial charge in [0, 0.05) is 24.6 Å². The average Bonchev–Trinajstić information content (AvgIpc) is 2.62. The molecular weight excluding hydrogens is 198 g/mol. The fraction of sp³-hybridized carbons (Fsp3) is 1.00. The zero-order valence-electron chi connectivity index (χ0n) is 11.9. The molecule has 96 valence electrons. The van der Waals surface area contributed by atoms with Crippen LogP contribution in [0, 0.1) is 16.2 Å². The maximum atomic E-state index is 9.53. The van der Waals surface area contributed by atoms with Crippen LogP contribution < -0.4 is 5.32 Å². The van der Waals surface area contributed by atoms with Gasteiger partial charge in [-0.1, -0.05) is 41.5 Å². The van der Waals surface area contributed by atoms with E-state index in [2.05, 4.69) is 46.9 Å². The van der Waals surface area contributed by atoms with Crippen LogP contribution in [0.2, 0.25) is 0 Å². The zero-order chi connectivity index (χ0) is 12.6. The van der Waals surface area contributed by atoms with Crippen LogP contribution in [0.15, 0.2) is 0 Å². The Balaban J connectivity index is 2.53. The van der Waals surface area contributed by atoms with Gasteiger partial charge >= 0.3 is 0 Å². The third kappa shape index (κ3) is 2.02. The summed E-state index contributed by atoms with van der Waals surface area (Å²) in [6.07, 6.45) is 2.08. The van der Waals surface area contributed by atoms with Gasteiger partial charge in [0.05, 0.1) is 0 Å². The summed E-state index contributed by atoms with van der Waals surface area (Å²) in [5, 5.41) is 13.2. The molecule has 0 amide bonds. The molecule has 0 heterocycles. The van der Waals surface area contributed by atoms with Crippen molar-refractivity contribution in [2.24, 2.45) is 16.2 Å². The second kappa shape index (κ2) is 4.30. The molecule has 2 nitrogen and oxygen atoms in total. The Kier molecular flexibility index (Phi) is 3.76. The predicted molar refractivity (Wildman–Crippen MR) is 69.5 cm³/mol. The molecular formula is C14H29NO. The van der Waals surface area contributed by atoms with Gasteiger partial charge in [0.15, 0.2) is 0 Å². The first kappa shape index (κ1) is 14.0. The van der Waals surface area contributed by atoms with Gasteiger partial charge in [-0.25, -0.2) is 0 Å². The Morgan fingerprint density at radius 1 is 1.06 bits per heavy atom. The molecule has 1 fully saturated rings. The van der Waals surface area contributed by atoms with Crippen LogP contribution in [0.4, 0.5) is 0 Å². The van der Waals surface area contributed by atoms with Crippen molar-refractivity contribution in [2.75, 3.05) is 13.2 Å². The van der Waals surface area contributed by atoms with E-state index in [-0.39, 0.29) is 5.41 Å². The van der Waals surface area contributed by atoms with Crippen LogP contribution in [-0.4, -0.2) is 24.3 Å². The lowest BCUT2D eigenvalue weighted by atomic mass is 9.83. The minimum atomic E-state index is 0.0781. The van der Waals surface area contributed by atoms with Crippen LogP contribution in [-0.2, 0) is 0 Å². The number of aliphatic hydroxyl groups excluding tert-OH is 1. The van der Waals surface area contributed by atoms with Gasteiger partial charge in [-0.3, -0.25) is 0 Å². The van der Waals surface area contributed by atoms with Crippen LogP contribution in [0.5, 0.6) is 0 Å². The van der Waals surface area contributed by atoms with Gasteiger partial charge in [-0.15, -0.1) is 0 Å². The molecule has 1 saturated carbocycles. The van der Waals surface area contributed by atoms with Crippen molar-refractivity contribution in [3.63, 3.8) is 0 Å². The summed E-state index contributed by atoms with van der Waals surface area (Å²) in [6, 6.07) is 0.587. The molecule has 2 N–H and O–H groups in total. The Morgan fingerprint density at radius 2 is 1.50 bits per heavy atom. The quantitative estimate of drug-likeness (QED) is 0.731. The molecule has 0 aromatic carbocycles. The fourth-order valence-electron chi connectivity index (χ4n) is 2.80. The molecule has 0 radical (unpaired) electrons. The highest BCUT2D eigenvalue weighted by molar-refractivity contribution is 5.18. The fourth-order valence-corrected chi connectivity index (χ4v) is 2.80. The number of hydrogen-bond acceptors (Lipinski definition) is 2. The van der Waals surface area contributed by atoms with Gasteiger partial charge in [-0.05, 0) is 23.7 Å². The summed E-state index contributed by atoms with van der Waals surface area (Å²) < 4.78 is 0. The molecule has 0 unspecified atom stereocenters. The maximum Gasteiger partial charge on any atom is 0.0499 e. The standard InChI is InChI=1S/C14H29NO/c1-7-14(8-2,10-16)9-15-11-12(3,4)13(11,5)6/h11,15-16H,7-10H2,1-6H3. The molecule has 1 rings (SSSR count). The first-order chi connectivity index (χ1) is 7.27. The first-order valence-corrected chi connectivity index (χ1v) is 6.61. The minimum Gasteiger partial charge on any atom is -0.396 e. The highest BCUT2D eigenvalue weighted by atomic mass is 16.3. The van der Waals surface area contributed by atoms with E-state index in [4.69, 9.17) is 0 Å². The average molecular weight is 227 g/mol. The third-order valence-electron chi connectivity index (χ3n) is 5.54. The molecule has 0 saturated heterocycles. The molecule has 0 aromatic heterocycles. The Morgan fingerprint density at radius 3 is 1.75 bits per heavy atom. The largest absolute Gasteiger partial charge is 0.396 e. The number of aliphatic hydroxyl groups is 1. The van der Waals surface area contributed by atoms with E-state index < -0.39 is 0 Å². The van der Waals surface area contributed by atoms with Crippen molar-refractivity contribution < 1.29 is 5.11 Å². The van der Waals surface area contributed by atoms with Gasteiger partial charge in [-0.2, -0.15) is 0 Å². The summed E-state index contributed by atoms with van der Waals surface area (Å²) in [5.41, 5.74) is 0.847. The molecule has 1 aliphatic rings. The number of hydrogen-bond donors (Lipinski definition) is 2. The number of nitrogens with one attached hydrogen (secondary N) is 1. The van der Waals surface area contributed by atoms with Crippen molar-refractivity contribution in [1.82, 2.24) is 5.32 Å². The van der Waals surface area contributed by atoms with Crippen molar-refractivity contribution in [1.29, 1.82) is 0 Å². The van der Waals surface area contributed by atoms with Gasteiger partial charge < -0.3 is 10.4 Å². The third-order valence-corrected chi connectivity index (χ3v) is 5.54. The molecule has 1 aliphatic carbocycles. The van der Waals surface area contributed by atoms with E-state index in [0.29, 0.717) is 23.5 Å². The molecule has 16 heavy (non-hydrogen) atoms. The van der Waals surface area contributed by atoms with Crippen LogP contribution in [0.3, 0.4) is 0 Å². The second-order valence-electron chi connectivity index (χ2n) is 6.62. The lowest BCUT2D eigenvalue weighted by molar-refractivity contribution is 0.111. The van der Waals surface area contributed by atoms with E-state index in [1.165, 1.54) is 0 Å². The first-order valence-electron chi connectivity index (χ1n) is 6.61. The summed E-state index contributed by atoms with van der Waals surface area (Å²) >= 11 is 0. The van der Waals surface area contributed by atoms with Crippen molar-refractivity contribution in [3.05, 3.63) is 0 Å². The maximum absolute atomic E-state index is 9.53. The summed E-state index contributed by atoms with van der Waals surface area (Å²) in [5.74, 6) is 0. The molecule has 0 aliphatic heterocycles. The van der Waals surface area contributed by atoms with Crippen molar-refractivity contribution in [2.45, 2.75) is 60.4 Å². The normalized spacial score (nSPS) is 23.4. The van der Waals surface area contributed by atoms with E-state index in [1.54, 1.807) is 0 Å². The molecule has 0 bridgehead atoms. The zero-order valence-corrected chi connectivity index (χ0v) is 11.9. The van der Waals surface area contributed by atoms with E-state index >= 15 is 0 Å². The van der Waals surface area contributed by atoms with Crippen LogP contribution in [0.1, 0.15) is 54.4 Å². The lowest BCUT2D eigenvalue weighted by Crippen LogP contribution is -2.39. The number of rotatable bonds is 6. The van der Waals surface area contributed by atoms with Gasteiger partial charge in [0.2, 0.25) is 0 Å². The Hall–Kier alpha value is -0.0800.